The SMILES string of the molecule is C[C@H](NCC(C)(C)S(C)(=O)=O)c1ccc(N2CCCC2=O)cc1. The lowest BCUT2D eigenvalue weighted by Gasteiger charge is -2.26. The zero-order valence-electron chi connectivity index (χ0n) is 14.3. The summed E-state index contributed by atoms with van der Waals surface area (Å²) in [5.74, 6) is 0.179. The highest BCUT2D eigenvalue weighted by atomic mass is 32.2. The second-order valence-corrected chi connectivity index (χ2v) is 9.52. The van der Waals surface area contributed by atoms with Gasteiger partial charge in [-0.25, -0.2) is 8.42 Å². The molecule has 128 valence electrons. The molecule has 5 nitrogen and oxygen atoms in total. The number of benzene rings is 1. The van der Waals surface area contributed by atoms with Crippen molar-refractivity contribution in [1.29, 1.82) is 0 Å². The highest BCUT2D eigenvalue weighted by Gasteiger charge is 2.30. The standard InChI is InChI=1S/C17H26N2O3S/c1-13(18-12-17(2,3)23(4,21)22)14-7-9-15(10-8-14)19-11-5-6-16(19)20/h7-10,13,18H,5-6,11-12H2,1-4H3/t13-/m0/s1. The Balaban J connectivity index is 2.00. The number of anilines is 1. The number of amides is 1. The number of carbonyl (C=O) groups is 1. The van der Waals surface area contributed by atoms with Crippen molar-refractivity contribution in [2.24, 2.45) is 0 Å². The molecular formula is C17H26N2O3S. The molecule has 1 heterocycles. The monoisotopic (exact) mass is 338 g/mol. The van der Waals surface area contributed by atoms with Crippen LogP contribution in [-0.4, -0.2) is 38.4 Å². The van der Waals surface area contributed by atoms with Crippen LogP contribution in [-0.2, 0) is 14.6 Å². The third kappa shape index (κ3) is 4.12. The molecule has 0 saturated carbocycles. The Kier molecular flexibility index (Phi) is 5.16. The summed E-state index contributed by atoms with van der Waals surface area (Å²) in [4.78, 5) is 13.6. The molecule has 0 spiro atoms. The van der Waals surface area contributed by atoms with Gasteiger partial charge in [0.15, 0.2) is 9.84 Å². The zero-order valence-corrected chi connectivity index (χ0v) is 15.1. The highest BCUT2D eigenvalue weighted by Crippen LogP contribution is 2.24. The van der Waals surface area contributed by atoms with E-state index in [-0.39, 0.29) is 11.9 Å². The van der Waals surface area contributed by atoms with Crippen LogP contribution in [0.4, 0.5) is 5.69 Å². The maximum atomic E-state index is 11.8. The highest BCUT2D eigenvalue weighted by molar-refractivity contribution is 7.92. The molecule has 23 heavy (non-hydrogen) atoms. The van der Waals surface area contributed by atoms with Crippen LogP contribution in [0.25, 0.3) is 0 Å². The van der Waals surface area contributed by atoms with Crippen molar-refractivity contribution in [3.8, 4) is 0 Å². The summed E-state index contributed by atoms with van der Waals surface area (Å²) in [7, 11) is -3.11. The van der Waals surface area contributed by atoms with Gasteiger partial charge in [0.1, 0.15) is 0 Å². The Bertz CT molecular complexity index is 666. The van der Waals surface area contributed by atoms with Crippen molar-refractivity contribution in [2.75, 3.05) is 24.2 Å². The van der Waals surface area contributed by atoms with Gasteiger partial charge in [-0.05, 0) is 44.9 Å². The van der Waals surface area contributed by atoms with E-state index >= 15 is 0 Å². The second-order valence-electron chi connectivity index (χ2n) is 6.87. The predicted molar refractivity (Wildman–Crippen MR) is 93.4 cm³/mol. The lowest BCUT2D eigenvalue weighted by molar-refractivity contribution is -0.117. The number of nitrogens with one attached hydrogen (secondary N) is 1. The lowest BCUT2D eigenvalue weighted by atomic mass is 10.1. The van der Waals surface area contributed by atoms with E-state index in [0.29, 0.717) is 13.0 Å². The third-order valence-electron chi connectivity index (χ3n) is 4.62. The van der Waals surface area contributed by atoms with Crippen LogP contribution in [0, 0.1) is 0 Å². The smallest absolute Gasteiger partial charge is 0.227 e. The second kappa shape index (κ2) is 6.61. The van der Waals surface area contributed by atoms with Crippen LogP contribution in [0.2, 0.25) is 0 Å². The normalized spacial score (nSPS) is 17.6. The minimum atomic E-state index is -3.11. The summed E-state index contributed by atoms with van der Waals surface area (Å²) in [6.07, 6.45) is 2.81. The number of sulfone groups is 1. The molecule has 0 radical (unpaired) electrons. The Morgan fingerprint density at radius 1 is 1.26 bits per heavy atom. The summed E-state index contributed by atoms with van der Waals surface area (Å²) < 4.78 is 22.7. The number of carbonyl (C=O) groups excluding carboxylic acids is 1. The van der Waals surface area contributed by atoms with Crippen molar-refractivity contribution in [1.82, 2.24) is 5.32 Å². The van der Waals surface area contributed by atoms with Crippen molar-refractivity contribution >= 4 is 21.4 Å². The lowest BCUT2D eigenvalue weighted by Crippen LogP contribution is -2.42. The summed E-state index contributed by atoms with van der Waals surface area (Å²) in [6.45, 7) is 6.64. The Morgan fingerprint density at radius 2 is 1.87 bits per heavy atom. The van der Waals surface area contributed by atoms with E-state index in [4.69, 9.17) is 0 Å². The van der Waals surface area contributed by atoms with E-state index in [9.17, 15) is 13.2 Å². The van der Waals surface area contributed by atoms with E-state index in [1.54, 1.807) is 13.8 Å². The molecule has 1 aromatic rings. The first-order chi connectivity index (χ1) is 10.6. The number of hydrogen-bond donors (Lipinski definition) is 1. The quantitative estimate of drug-likeness (QED) is 0.864. The maximum absolute atomic E-state index is 11.8. The fraction of sp³-hybridized carbons (Fsp3) is 0.588. The molecule has 1 aliphatic heterocycles. The van der Waals surface area contributed by atoms with Gasteiger partial charge in [0.2, 0.25) is 5.91 Å². The Labute approximate surface area is 139 Å². The molecule has 0 aromatic heterocycles. The first-order valence-corrected chi connectivity index (χ1v) is 9.84. The van der Waals surface area contributed by atoms with Gasteiger partial charge >= 0.3 is 0 Å². The molecule has 1 aliphatic rings. The summed E-state index contributed by atoms with van der Waals surface area (Å²) >= 11 is 0. The molecule has 1 aromatic carbocycles. The molecule has 1 saturated heterocycles. The van der Waals surface area contributed by atoms with Crippen molar-refractivity contribution < 1.29 is 13.2 Å². The molecule has 6 heteroatoms. The van der Waals surface area contributed by atoms with Crippen molar-refractivity contribution in [2.45, 2.75) is 44.4 Å². The number of rotatable bonds is 6. The van der Waals surface area contributed by atoms with Gasteiger partial charge in [0, 0.05) is 37.5 Å². The van der Waals surface area contributed by atoms with Gasteiger partial charge in [0.25, 0.3) is 0 Å². The molecule has 1 fully saturated rings. The van der Waals surface area contributed by atoms with Crippen LogP contribution in [0.5, 0.6) is 0 Å². The molecule has 0 unspecified atom stereocenters. The molecule has 0 aliphatic carbocycles. The maximum Gasteiger partial charge on any atom is 0.227 e. The first-order valence-electron chi connectivity index (χ1n) is 7.95. The number of nitrogens with zero attached hydrogens (tertiary/aromatic N) is 1. The average Bonchev–Trinajstić information content (AvgIpc) is 2.90. The molecule has 1 N–H and O–H groups in total. The fourth-order valence-electron chi connectivity index (χ4n) is 2.51. The largest absolute Gasteiger partial charge is 0.312 e. The summed E-state index contributed by atoms with van der Waals surface area (Å²) in [6, 6.07) is 7.94. The average molecular weight is 338 g/mol. The zero-order chi connectivity index (χ0) is 17.3. The van der Waals surface area contributed by atoms with E-state index in [1.165, 1.54) is 6.26 Å². The molecule has 1 atom stereocenters. The first kappa shape index (κ1) is 17.9. The van der Waals surface area contributed by atoms with E-state index in [0.717, 1.165) is 24.2 Å². The van der Waals surface area contributed by atoms with E-state index < -0.39 is 14.6 Å². The third-order valence-corrected chi connectivity index (χ3v) is 6.77. The molecule has 2 rings (SSSR count). The van der Waals surface area contributed by atoms with E-state index in [1.807, 2.05) is 36.1 Å². The Morgan fingerprint density at radius 3 is 2.35 bits per heavy atom. The fourth-order valence-corrected chi connectivity index (χ4v) is 2.86. The topological polar surface area (TPSA) is 66.5 Å². The predicted octanol–water partition coefficient (Wildman–Crippen LogP) is 2.29. The number of hydrogen-bond acceptors (Lipinski definition) is 4. The molecular weight excluding hydrogens is 312 g/mol. The van der Waals surface area contributed by atoms with Gasteiger partial charge in [-0.1, -0.05) is 12.1 Å². The molecule has 1 amide bonds. The van der Waals surface area contributed by atoms with Crippen LogP contribution in [0.15, 0.2) is 24.3 Å². The minimum Gasteiger partial charge on any atom is -0.312 e. The van der Waals surface area contributed by atoms with Crippen molar-refractivity contribution in [3.63, 3.8) is 0 Å². The van der Waals surface area contributed by atoms with Gasteiger partial charge in [-0.2, -0.15) is 0 Å². The van der Waals surface area contributed by atoms with Crippen LogP contribution in [0.3, 0.4) is 0 Å². The van der Waals surface area contributed by atoms with Crippen LogP contribution < -0.4 is 10.2 Å². The van der Waals surface area contributed by atoms with Gasteiger partial charge < -0.3 is 10.2 Å². The van der Waals surface area contributed by atoms with E-state index in [2.05, 4.69) is 5.32 Å². The minimum absolute atomic E-state index is 0.0411. The van der Waals surface area contributed by atoms with Gasteiger partial charge in [-0.3, -0.25) is 4.79 Å². The van der Waals surface area contributed by atoms with Crippen LogP contribution in [0.1, 0.15) is 45.2 Å². The van der Waals surface area contributed by atoms with Crippen LogP contribution >= 0.6 is 0 Å². The van der Waals surface area contributed by atoms with Crippen molar-refractivity contribution in [3.05, 3.63) is 29.8 Å². The van der Waals surface area contributed by atoms with Gasteiger partial charge in [-0.15, -0.1) is 0 Å². The van der Waals surface area contributed by atoms with Gasteiger partial charge in [0.05, 0.1) is 4.75 Å². The summed E-state index contributed by atoms with van der Waals surface area (Å²) in [5, 5.41) is 3.28. The molecule has 0 bridgehead atoms. The Hall–Kier alpha value is -1.40. The summed E-state index contributed by atoms with van der Waals surface area (Å²) in [5.41, 5.74) is 2.00.